The summed E-state index contributed by atoms with van der Waals surface area (Å²) in [5, 5.41) is 3.33. The average molecular weight is 284 g/mol. The van der Waals surface area contributed by atoms with Gasteiger partial charge in [0, 0.05) is 26.2 Å². The first kappa shape index (κ1) is 16.0. The highest BCUT2D eigenvalue weighted by atomic mass is 32.2. The van der Waals surface area contributed by atoms with Crippen LogP contribution in [0.25, 0.3) is 0 Å². The van der Waals surface area contributed by atoms with E-state index in [1.54, 1.807) is 19.1 Å². The highest BCUT2D eigenvalue weighted by Gasteiger charge is 2.18. The second kappa shape index (κ2) is 6.91. The predicted octanol–water partition coefficient (Wildman–Crippen LogP) is 1.91. The molecule has 1 rings (SSSR count). The van der Waals surface area contributed by atoms with Gasteiger partial charge in [0.05, 0.1) is 16.3 Å². The topological polar surface area (TPSA) is 49.4 Å². The van der Waals surface area contributed by atoms with Gasteiger partial charge in [-0.05, 0) is 12.1 Å². The van der Waals surface area contributed by atoms with Gasteiger partial charge in [-0.2, -0.15) is 0 Å². The molecule has 108 valence electrons. The summed E-state index contributed by atoms with van der Waals surface area (Å²) in [7, 11) is -1.25. The predicted molar refractivity (Wildman–Crippen MR) is 80.6 cm³/mol. The molecule has 5 heteroatoms. The van der Waals surface area contributed by atoms with Crippen LogP contribution in [0.1, 0.15) is 20.8 Å². The van der Waals surface area contributed by atoms with Gasteiger partial charge in [-0.1, -0.05) is 32.9 Å². The molecule has 0 radical (unpaired) electrons. The minimum Gasteiger partial charge on any atom is -0.372 e. The summed E-state index contributed by atoms with van der Waals surface area (Å²) in [5.74, 6) is 0.127. The molecule has 0 bridgehead atoms. The first-order valence-electron chi connectivity index (χ1n) is 6.64. The van der Waals surface area contributed by atoms with Crippen LogP contribution in [0.15, 0.2) is 29.2 Å². The Hall–Kier alpha value is -1.07. The number of para-hydroxylation sites is 1. The number of benzene rings is 1. The number of sulfone groups is 1. The van der Waals surface area contributed by atoms with E-state index < -0.39 is 9.84 Å². The minimum absolute atomic E-state index is 0.127. The van der Waals surface area contributed by atoms with Crippen molar-refractivity contribution in [3.8, 4) is 0 Å². The Bertz CT molecular complexity index is 498. The van der Waals surface area contributed by atoms with Crippen molar-refractivity contribution in [1.29, 1.82) is 0 Å². The second-order valence-corrected chi connectivity index (χ2v) is 7.15. The van der Waals surface area contributed by atoms with Gasteiger partial charge in [0.25, 0.3) is 0 Å². The number of rotatable bonds is 7. The maximum atomic E-state index is 12.1. The van der Waals surface area contributed by atoms with E-state index in [1.807, 2.05) is 24.1 Å². The van der Waals surface area contributed by atoms with Crippen molar-refractivity contribution in [3.63, 3.8) is 0 Å². The van der Waals surface area contributed by atoms with Gasteiger partial charge >= 0.3 is 0 Å². The Morgan fingerprint density at radius 2 is 1.89 bits per heavy atom. The number of nitrogens with zero attached hydrogens (tertiary/aromatic N) is 1. The van der Waals surface area contributed by atoms with Gasteiger partial charge in [-0.15, -0.1) is 0 Å². The lowest BCUT2D eigenvalue weighted by Crippen LogP contribution is -2.33. The maximum Gasteiger partial charge on any atom is 0.180 e. The summed E-state index contributed by atoms with van der Waals surface area (Å²) >= 11 is 0. The van der Waals surface area contributed by atoms with Crippen molar-refractivity contribution in [3.05, 3.63) is 24.3 Å². The highest BCUT2D eigenvalue weighted by Crippen LogP contribution is 2.24. The SMILES string of the molecule is CCS(=O)(=O)c1ccccc1N(C)CCNC(C)C. The zero-order valence-electron chi connectivity index (χ0n) is 12.2. The lowest BCUT2D eigenvalue weighted by atomic mass is 10.3. The van der Waals surface area contributed by atoms with Crippen molar-refractivity contribution >= 4 is 15.5 Å². The molecule has 0 aliphatic carbocycles. The zero-order valence-corrected chi connectivity index (χ0v) is 13.0. The number of anilines is 1. The standard InChI is InChI=1S/C14H24N2O2S/c1-5-19(17,18)14-9-7-6-8-13(14)16(4)11-10-15-12(2)3/h6-9,12,15H,5,10-11H2,1-4H3. The fourth-order valence-electron chi connectivity index (χ4n) is 1.83. The van der Waals surface area contributed by atoms with Gasteiger partial charge in [-0.25, -0.2) is 8.42 Å². The second-order valence-electron chi connectivity index (χ2n) is 4.90. The lowest BCUT2D eigenvalue weighted by molar-refractivity contribution is 0.586. The van der Waals surface area contributed by atoms with Gasteiger partial charge < -0.3 is 10.2 Å². The van der Waals surface area contributed by atoms with E-state index >= 15 is 0 Å². The minimum atomic E-state index is -3.18. The van der Waals surface area contributed by atoms with E-state index in [2.05, 4.69) is 19.2 Å². The first-order chi connectivity index (χ1) is 8.88. The molecule has 0 fully saturated rings. The molecule has 1 aromatic carbocycles. The largest absolute Gasteiger partial charge is 0.372 e. The zero-order chi connectivity index (χ0) is 14.5. The normalized spacial score (nSPS) is 11.8. The van der Waals surface area contributed by atoms with Crippen molar-refractivity contribution in [2.24, 2.45) is 0 Å². The van der Waals surface area contributed by atoms with Crippen LogP contribution in [-0.4, -0.2) is 40.3 Å². The van der Waals surface area contributed by atoms with Crippen LogP contribution >= 0.6 is 0 Å². The summed E-state index contributed by atoms with van der Waals surface area (Å²) < 4.78 is 24.1. The molecular weight excluding hydrogens is 260 g/mol. The molecule has 0 saturated carbocycles. The van der Waals surface area contributed by atoms with Crippen LogP contribution in [0.3, 0.4) is 0 Å². The molecule has 0 aromatic heterocycles. The number of nitrogens with one attached hydrogen (secondary N) is 1. The highest BCUT2D eigenvalue weighted by molar-refractivity contribution is 7.91. The van der Waals surface area contributed by atoms with Crippen LogP contribution in [0.5, 0.6) is 0 Å². The molecule has 1 aromatic rings. The van der Waals surface area contributed by atoms with Crippen LogP contribution in [-0.2, 0) is 9.84 Å². The van der Waals surface area contributed by atoms with Gasteiger partial charge in [0.15, 0.2) is 9.84 Å². The molecule has 19 heavy (non-hydrogen) atoms. The summed E-state index contributed by atoms with van der Waals surface area (Å²) in [6, 6.07) is 7.61. The maximum absolute atomic E-state index is 12.1. The summed E-state index contributed by atoms with van der Waals surface area (Å²) in [6.45, 7) is 7.46. The van der Waals surface area contributed by atoms with E-state index in [4.69, 9.17) is 0 Å². The third kappa shape index (κ3) is 4.51. The third-order valence-corrected chi connectivity index (χ3v) is 4.77. The van der Waals surface area contributed by atoms with Crippen molar-refractivity contribution in [2.45, 2.75) is 31.7 Å². The van der Waals surface area contributed by atoms with E-state index in [9.17, 15) is 8.42 Å². The quantitative estimate of drug-likeness (QED) is 0.831. The fourth-order valence-corrected chi connectivity index (χ4v) is 2.97. The molecule has 0 aliphatic rings. The summed E-state index contributed by atoms with van der Waals surface area (Å²) in [4.78, 5) is 2.40. The molecule has 0 heterocycles. The van der Waals surface area contributed by atoms with E-state index in [0.29, 0.717) is 10.9 Å². The number of hydrogen-bond acceptors (Lipinski definition) is 4. The lowest BCUT2D eigenvalue weighted by Gasteiger charge is -2.23. The van der Waals surface area contributed by atoms with Crippen molar-refractivity contribution in [1.82, 2.24) is 5.32 Å². The van der Waals surface area contributed by atoms with Crippen LogP contribution in [0.2, 0.25) is 0 Å². The summed E-state index contributed by atoms with van der Waals surface area (Å²) in [5.41, 5.74) is 0.773. The Balaban J connectivity index is 2.89. The van der Waals surface area contributed by atoms with Crippen LogP contribution in [0.4, 0.5) is 5.69 Å². The molecule has 4 nitrogen and oxygen atoms in total. The van der Waals surface area contributed by atoms with Gasteiger partial charge in [-0.3, -0.25) is 0 Å². The average Bonchev–Trinajstić information content (AvgIpc) is 2.38. The number of likely N-dealkylation sites (N-methyl/N-ethyl adjacent to an activating group) is 1. The monoisotopic (exact) mass is 284 g/mol. The van der Waals surface area contributed by atoms with Gasteiger partial charge in [0.1, 0.15) is 0 Å². The number of hydrogen-bond donors (Lipinski definition) is 1. The van der Waals surface area contributed by atoms with E-state index in [0.717, 1.165) is 18.8 Å². The van der Waals surface area contributed by atoms with E-state index in [1.165, 1.54) is 0 Å². The Kier molecular flexibility index (Phi) is 5.82. The van der Waals surface area contributed by atoms with E-state index in [-0.39, 0.29) is 5.75 Å². The molecule has 0 atom stereocenters. The van der Waals surface area contributed by atoms with Crippen molar-refractivity contribution < 1.29 is 8.42 Å². The first-order valence-corrected chi connectivity index (χ1v) is 8.30. The molecule has 0 unspecified atom stereocenters. The molecule has 0 saturated heterocycles. The van der Waals surface area contributed by atoms with Crippen molar-refractivity contribution in [2.75, 3.05) is 30.8 Å². The van der Waals surface area contributed by atoms with Crippen LogP contribution in [0, 0.1) is 0 Å². The Morgan fingerprint density at radius 3 is 2.47 bits per heavy atom. The Labute approximate surface area is 116 Å². The molecular formula is C14H24N2O2S. The van der Waals surface area contributed by atoms with Gasteiger partial charge in [0.2, 0.25) is 0 Å². The molecule has 0 amide bonds. The third-order valence-electron chi connectivity index (χ3n) is 2.99. The smallest absolute Gasteiger partial charge is 0.180 e. The van der Waals surface area contributed by atoms with Crippen LogP contribution < -0.4 is 10.2 Å². The fraction of sp³-hybridized carbons (Fsp3) is 0.571. The summed E-state index contributed by atoms with van der Waals surface area (Å²) in [6.07, 6.45) is 0. The molecule has 0 aliphatic heterocycles. The molecule has 0 spiro atoms. The Morgan fingerprint density at radius 1 is 1.26 bits per heavy atom. The molecule has 1 N–H and O–H groups in total.